The van der Waals surface area contributed by atoms with Gasteiger partial charge in [-0.05, 0) is 32.1 Å². The Morgan fingerprint density at radius 1 is 1.32 bits per heavy atom. The maximum Gasteiger partial charge on any atom is 0.218 e. The normalized spacial score (nSPS) is 29.6. The van der Waals surface area contributed by atoms with Gasteiger partial charge in [0.1, 0.15) is 12.1 Å². The Morgan fingerprint density at radius 2 is 2.05 bits per heavy atom. The summed E-state index contributed by atoms with van der Waals surface area (Å²) in [6, 6.07) is 3.41. The summed E-state index contributed by atoms with van der Waals surface area (Å²) in [5.41, 5.74) is 6.11. The summed E-state index contributed by atoms with van der Waals surface area (Å²) < 4.78 is 5.60. The van der Waals surface area contributed by atoms with E-state index in [-0.39, 0.29) is 0 Å². The molecule has 104 valence electrons. The van der Waals surface area contributed by atoms with E-state index >= 15 is 0 Å². The number of piperidine rings is 1. The number of hydrogen-bond acceptors (Lipinski definition) is 5. The van der Waals surface area contributed by atoms with E-state index in [9.17, 15) is 0 Å². The van der Waals surface area contributed by atoms with Crippen molar-refractivity contribution in [3.05, 3.63) is 12.4 Å². The highest BCUT2D eigenvalue weighted by molar-refractivity contribution is 5.45. The molecule has 2 unspecified atom stereocenters. The molecule has 19 heavy (non-hydrogen) atoms. The molecule has 0 radical (unpaired) electrons. The Kier molecular flexibility index (Phi) is 3.55. The van der Waals surface area contributed by atoms with Gasteiger partial charge in [0.15, 0.2) is 0 Å². The fraction of sp³-hybridized carbons (Fsp3) is 0.714. The van der Waals surface area contributed by atoms with Gasteiger partial charge >= 0.3 is 0 Å². The summed E-state index contributed by atoms with van der Waals surface area (Å²) in [4.78, 5) is 11.0. The fourth-order valence-corrected chi connectivity index (χ4v) is 3.35. The first-order valence-electron chi connectivity index (χ1n) is 7.26. The number of rotatable bonds is 4. The standard InChI is InChI=1S/C14H22N4O/c1-2-5-19-14-8-13(16-9-17-14)18-11-3-4-12(18)7-10(15)6-11/h8-12H,2-7,15H2,1H3. The van der Waals surface area contributed by atoms with Crippen molar-refractivity contribution < 1.29 is 4.74 Å². The van der Waals surface area contributed by atoms with E-state index in [1.807, 2.05) is 6.07 Å². The Morgan fingerprint density at radius 3 is 2.74 bits per heavy atom. The molecule has 0 spiro atoms. The SMILES string of the molecule is CCCOc1cc(N2C3CCC2CC(N)C3)ncn1. The van der Waals surface area contributed by atoms with E-state index in [0.717, 1.165) is 25.1 Å². The van der Waals surface area contributed by atoms with Crippen molar-refractivity contribution in [1.82, 2.24) is 9.97 Å². The summed E-state index contributed by atoms with van der Waals surface area (Å²) in [6.07, 6.45) is 7.20. The highest BCUT2D eigenvalue weighted by atomic mass is 16.5. The number of fused-ring (bicyclic) bond motifs is 2. The molecule has 2 N–H and O–H groups in total. The maximum absolute atomic E-state index is 6.11. The van der Waals surface area contributed by atoms with Gasteiger partial charge in [-0.25, -0.2) is 9.97 Å². The van der Waals surface area contributed by atoms with Crippen LogP contribution >= 0.6 is 0 Å². The third-order valence-electron chi connectivity index (χ3n) is 4.12. The number of ether oxygens (including phenoxy) is 1. The summed E-state index contributed by atoms with van der Waals surface area (Å²) in [7, 11) is 0. The minimum Gasteiger partial charge on any atom is -0.478 e. The van der Waals surface area contributed by atoms with Crippen molar-refractivity contribution in [1.29, 1.82) is 0 Å². The first-order chi connectivity index (χ1) is 9.28. The van der Waals surface area contributed by atoms with E-state index in [1.54, 1.807) is 6.33 Å². The van der Waals surface area contributed by atoms with Gasteiger partial charge in [-0.3, -0.25) is 0 Å². The average Bonchev–Trinajstić information content (AvgIpc) is 2.69. The van der Waals surface area contributed by atoms with Crippen LogP contribution in [-0.2, 0) is 0 Å². The number of nitrogens with two attached hydrogens (primary N) is 1. The number of hydrogen-bond donors (Lipinski definition) is 1. The van der Waals surface area contributed by atoms with Gasteiger partial charge in [-0.1, -0.05) is 6.92 Å². The molecule has 0 amide bonds. The van der Waals surface area contributed by atoms with Crippen LogP contribution in [0.25, 0.3) is 0 Å². The van der Waals surface area contributed by atoms with Gasteiger partial charge < -0.3 is 15.4 Å². The summed E-state index contributed by atoms with van der Waals surface area (Å²) in [5.74, 6) is 1.68. The van der Waals surface area contributed by atoms with Gasteiger partial charge in [0.2, 0.25) is 5.88 Å². The molecule has 0 aromatic carbocycles. The third-order valence-corrected chi connectivity index (χ3v) is 4.12. The van der Waals surface area contributed by atoms with Gasteiger partial charge in [0, 0.05) is 24.2 Å². The molecule has 5 nitrogen and oxygen atoms in total. The number of aromatic nitrogens is 2. The zero-order valence-electron chi connectivity index (χ0n) is 11.5. The summed E-state index contributed by atoms with van der Waals surface area (Å²) >= 11 is 0. The van der Waals surface area contributed by atoms with Crippen LogP contribution in [0.3, 0.4) is 0 Å². The van der Waals surface area contributed by atoms with Crippen molar-refractivity contribution in [3.63, 3.8) is 0 Å². The Hall–Kier alpha value is -1.36. The average molecular weight is 262 g/mol. The molecule has 2 fully saturated rings. The lowest BCUT2D eigenvalue weighted by atomic mass is 9.98. The molecular weight excluding hydrogens is 240 g/mol. The molecule has 2 bridgehead atoms. The Bertz CT molecular complexity index is 425. The van der Waals surface area contributed by atoms with Crippen LogP contribution < -0.4 is 15.4 Å². The minimum atomic E-state index is 0.353. The first-order valence-corrected chi connectivity index (χ1v) is 7.26. The van der Waals surface area contributed by atoms with Crippen LogP contribution in [0.1, 0.15) is 39.0 Å². The molecule has 0 saturated carbocycles. The van der Waals surface area contributed by atoms with Crippen LogP contribution in [0.15, 0.2) is 12.4 Å². The van der Waals surface area contributed by atoms with E-state index < -0.39 is 0 Å². The molecule has 2 saturated heterocycles. The highest BCUT2D eigenvalue weighted by Gasteiger charge is 2.40. The number of nitrogens with zero attached hydrogens (tertiary/aromatic N) is 3. The smallest absolute Gasteiger partial charge is 0.218 e. The molecule has 1 aromatic heterocycles. The molecule has 5 heteroatoms. The highest BCUT2D eigenvalue weighted by Crippen LogP contribution is 2.38. The molecule has 3 heterocycles. The van der Waals surface area contributed by atoms with Crippen molar-refractivity contribution in [2.24, 2.45) is 5.73 Å². The molecule has 3 rings (SSSR count). The van der Waals surface area contributed by atoms with E-state index in [2.05, 4.69) is 21.8 Å². The van der Waals surface area contributed by atoms with Crippen LogP contribution in [0.5, 0.6) is 5.88 Å². The van der Waals surface area contributed by atoms with Gasteiger partial charge in [-0.15, -0.1) is 0 Å². The summed E-state index contributed by atoms with van der Waals surface area (Å²) in [6.45, 7) is 2.79. The topological polar surface area (TPSA) is 64.3 Å². The van der Waals surface area contributed by atoms with Crippen LogP contribution in [0.4, 0.5) is 5.82 Å². The lowest BCUT2D eigenvalue weighted by Gasteiger charge is -2.38. The zero-order valence-corrected chi connectivity index (χ0v) is 11.5. The first kappa shape index (κ1) is 12.7. The summed E-state index contributed by atoms with van der Waals surface area (Å²) in [5, 5.41) is 0. The van der Waals surface area contributed by atoms with Crippen molar-refractivity contribution in [2.75, 3.05) is 11.5 Å². The molecule has 2 aliphatic rings. The quantitative estimate of drug-likeness (QED) is 0.895. The number of anilines is 1. The fourth-order valence-electron chi connectivity index (χ4n) is 3.35. The molecule has 2 aliphatic heterocycles. The molecule has 2 atom stereocenters. The van der Waals surface area contributed by atoms with Gasteiger partial charge in [0.05, 0.1) is 6.61 Å². The monoisotopic (exact) mass is 262 g/mol. The van der Waals surface area contributed by atoms with E-state index in [4.69, 9.17) is 10.5 Å². The third kappa shape index (κ3) is 2.52. The van der Waals surface area contributed by atoms with Gasteiger partial charge in [0.25, 0.3) is 0 Å². The van der Waals surface area contributed by atoms with Crippen LogP contribution in [0, 0.1) is 0 Å². The second-order valence-corrected chi connectivity index (χ2v) is 5.59. The molecule has 0 aliphatic carbocycles. The molecular formula is C14H22N4O. The van der Waals surface area contributed by atoms with Gasteiger partial charge in [-0.2, -0.15) is 0 Å². The lowest BCUT2D eigenvalue weighted by Crippen LogP contribution is -2.47. The Balaban J connectivity index is 1.79. The van der Waals surface area contributed by atoms with Crippen molar-refractivity contribution in [2.45, 2.75) is 57.2 Å². The molecule has 1 aromatic rings. The predicted molar refractivity (Wildman–Crippen MR) is 74.3 cm³/mol. The minimum absolute atomic E-state index is 0.353. The zero-order chi connectivity index (χ0) is 13.2. The second kappa shape index (κ2) is 5.33. The maximum atomic E-state index is 6.11. The largest absolute Gasteiger partial charge is 0.478 e. The predicted octanol–water partition coefficient (Wildman–Crippen LogP) is 1.72. The van der Waals surface area contributed by atoms with Crippen LogP contribution in [0.2, 0.25) is 0 Å². The lowest BCUT2D eigenvalue weighted by molar-refractivity contribution is 0.304. The van der Waals surface area contributed by atoms with Crippen molar-refractivity contribution in [3.8, 4) is 5.88 Å². The van der Waals surface area contributed by atoms with Crippen molar-refractivity contribution >= 4 is 5.82 Å². The van der Waals surface area contributed by atoms with Crippen LogP contribution in [-0.4, -0.2) is 34.7 Å². The van der Waals surface area contributed by atoms with E-state index in [1.165, 1.54) is 12.8 Å². The second-order valence-electron chi connectivity index (χ2n) is 5.59. The van der Waals surface area contributed by atoms with E-state index in [0.29, 0.717) is 30.6 Å². The Labute approximate surface area is 114 Å².